The summed E-state index contributed by atoms with van der Waals surface area (Å²) in [5.74, 6) is 0. The second kappa shape index (κ2) is 8.40. The van der Waals surface area contributed by atoms with Crippen LogP contribution in [0.4, 0.5) is 17.1 Å². The number of para-hydroxylation sites is 1. The van der Waals surface area contributed by atoms with E-state index in [-0.39, 0.29) is 16.7 Å². The molecule has 1 aromatic carbocycles. The lowest BCUT2D eigenvalue weighted by atomic mass is 10.1. The summed E-state index contributed by atoms with van der Waals surface area (Å²) in [6, 6.07) is 5.54. The zero-order valence-corrected chi connectivity index (χ0v) is 12.6. The van der Waals surface area contributed by atoms with Crippen molar-refractivity contribution >= 4 is 17.1 Å². The third kappa shape index (κ3) is 4.72. The van der Waals surface area contributed by atoms with Gasteiger partial charge in [0, 0.05) is 13.1 Å². The molecule has 0 amide bonds. The zero-order chi connectivity index (χ0) is 15.0. The molecule has 1 rings (SSSR count). The number of benzene rings is 1. The van der Waals surface area contributed by atoms with E-state index in [4.69, 9.17) is 0 Å². The molecule has 0 aromatic heterocycles. The molecule has 112 valence electrons. The minimum atomic E-state index is -0.335. The molecule has 0 saturated carbocycles. The fraction of sp³-hybridized carbons (Fsp3) is 0.600. The summed E-state index contributed by atoms with van der Waals surface area (Å²) >= 11 is 0. The summed E-state index contributed by atoms with van der Waals surface area (Å²) in [5, 5.41) is 17.3. The van der Waals surface area contributed by atoms with Gasteiger partial charge in [-0.1, -0.05) is 38.7 Å². The molecule has 5 nitrogen and oxygen atoms in total. The first-order chi connectivity index (χ1) is 9.60. The fourth-order valence-corrected chi connectivity index (χ4v) is 2.27. The highest BCUT2D eigenvalue weighted by Crippen LogP contribution is 2.33. The quantitative estimate of drug-likeness (QED) is 0.399. The Labute approximate surface area is 120 Å². The van der Waals surface area contributed by atoms with Gasteiger partial charge >= 0.3 is 5.69 Å². The number of nitro groups is 1. The minimum absolute atomic E-state index is 0.121. The number of nitro benzene ring substituents is 1. The third-order valence-corrected chi connectivity index (χ3v) is 3.38. The molecule has 0 saturated heterocycles. The van der Waals surface area contributed by atoms with Gasteiger partial charge in [0.15, 0.2) is 0 Å². The molecule has 0 aliphatic heterocycles. The topological polar surface area (TPSA) is 67.2 Å². The molecule has 1 unspecified atom stereocenters. The van der Waals surface area contributed by atoms with Gasteiger partial charge in [-0.05, 0) is 25.5 Å². The summed E-state index contributed by atoms with van der Waals surface area (Å²) < 4.78 is 0. The maximum atomic E-state index is 11.2. The van der Waals surface area contributed by atoms with Crippen molar-refractivity contribution in [2.24, 2.45) is 0 Å². The lowest BCUT2D eigenvalue weighted by Crippen LogP contribution is -2.16. The predicted molar refractivity (Wildman–Crippen MR) is 84.5 cm³/mol. The van der Waals surface area contributed by atoms with Crippen LogP contribution in [0.1, 0.15) is 46.0 Å². The molecule has 20 heavy (non-hydrogen) atoms. The van der Waals surface area contributed by atoms with Gasteiger partial charge in [0.05, 0.1) is 4.92 Å². The molecule has 0 bridgehead atoms. The van der Waals surface area contributed by atoms with Crippen LogP contribution in [-0.4, -0.2) is 18.0 Å². The first-order valence-electron chi connectivity index (χ1n) is 7.31. The second-order valence-electron chi connectivity index (χ2n) is 5.10. The second-order valence-corrected chi connectivity index (χ2v) is 5.10. The monoisotopic (exact) mass is 279 g/mol. The maximum Gasteiger partial charge on any atom is 0.315 e. The normalized spacial score (nSPS) is 11.9. The van der Waals surface area contributed by atoms with Crippen LogP contribution in [0.2, 0.25) is 0 Å². The van der Waals surface area contributed by atoms with Gasteiger partial charge < -0.3 is 10.6 Å². The Bertz CT molecular complexity index is 435. The van der Waals surface area contributed by atoms with Crippen LogP contribution in [0, 0.1) is 10.1 Å². The Morgan fingerprint density at radius 2 is 1.95 bits per heavy atom. The highest BCUT2D eigenvalue weighted by Gasteiger charge is 2.19. The van der Waals surface area contributed by atoms with Gasteiger partial charge in [-0.15, -0.1) is 0 Å². The summed E-state index contributed by atoms with van der Waals surface area (Å²) in [4.78, 5) is 10.9. The van der Waals surface area contributed by atoms with E-state index in [1.54, 1.807) is 19.2 Å². The van der Waals surface area contributed by atoms with Crippen molar-refractivity contribution < 1.29 is 4.92 Å². The summed E-state index contributed by atoms with van der Waals surface area (Å²) in [6.07, 6.45) is 5.88. The molecule has 0 spiro atoms. The predicted octanol–water partition coefficient (Wildman–Crippen LogP) is 4.41. The zero-order valence-electron chi connectivity index (χ0n) is 12.6. The van der Waals surface area contributed by atoms with Gasteiger partial charge in [0.1, 0.15) is 11.4 Å². The van der Waals surface area contributed by atoms with E-state index in [9.17, 15) is 10.1 Å². The number of rotatable bonds is 9. The Hall–Kier alpha value is -1.78. The van der Waals surface area contributed by atoms with Gasteiger partial charge in [0.2, 0.25) is 0 Å². The Morgan fingerprint density at radius 1 is 1.25 bits per heavy atom. The first-order valence-corrected chi connectivity index (χ1v) is 7.31. The summed E-state index contributed by atoms with van der Waals surface area (Å²) in [7, 11) is 1.69. The highest BCUT2D eigenvalue weighted by molar-refractivity contribution is 5.76. The smallest absolute Gasteiger partial charge is 0.315 e. The van der Waals surface area contributed by atoms with Crippen molar-refractivity contribution in [3.8, 4) is 0 Å². The molecule has 2 N–H and O–H groups in total. The lowest BCUT2D eigenvalue weighted by molar-refractivity contribution is -0.383. The molecule has 0 aliphatic carbocycles. The average Bonchev–Trinajstić information content (AvgIpc) is 2.43. The Kier molecular flexibility index (Phi) is 6.84. The molecule has 1 atom stereocenters. The van der Waals surface area contributed by atoms with Crippen molar-refractivity contribution in [3.05, 3.63) is 28.3 Å². The van der Waals surface area contributed by atoms with Crippen molar-refractivity contribution in [1.82, 2.24) is 0 Å². The van der Waals surface area contributed by atoms with E-state index in [1.165, 1.54) is 19.3 Å². The molecule has 0 aliphatic rings. The SMILES string of the molecule is CCCCCCC(C)Nc1cccc(NC)c1[N+](=O)[O-]. The van der Waals surface area contributed by atoms with E-state index in [0.717, 1.165) is 12.8 Å². The summed E-state index contributed by atoms with van der Waals surface area (Å²) in [6.45, 7) is 4.26. The largest absolute Gasteiger partial charge is 0.382 e. The van der Waals surface area contributed by atoms with E-state index in [2.05, 4.69) is 24.5 Å². The van der Waals surface area contributed by atoms with E-state index in [1.807, 2.05) is 6.07 Å². The highest BCUT2D eigenvalue weighted by atomic mass is 16.6. The number of nitrogens with zero attached hydrogens (tertiary/aromatic N) is 1. The molecule has 0 heterocycles. The van der Waals surface area contributed by atoms with Gasteiger partial charge in [0.25, 0.3) is 0 Å². The number of nitrogens with one attached hydrogen (secondary N) is 2. The lowest BCUT2D eigenvalue weighted by Gasteiger charge is -2.16. The van der Waals surface area contributed by atoms with Crippen LogP contribution in [-0.2, 0) is 0 Å². The van der Waals surface area contributed by atoms with E-state index in [0.29, 0.717) is 11.4 Å². The van der Waals surface area contributed by atoms with Crippen molar-refractivity contribution in [3.63, 3.8) is 0 Å². The van der Waals surface area contributed by atoms with E-state index < -0.39 is 0 Å². The third-order valence-electron chi connectivity index (χ3n) is 3.38. The van der Waals surface area contributed by atoms with Gasteiger partial charge in [-0.2, -0.15) is 0 Å². The van der Waals surface area contributed by atoms with E-state index >= 15 is 0 Å². The Morgan fingerprint density at radius 3 is 2.55 bits per heavy atom. The van der Waals surface area contributed by atoms with Crippen molar-refractivity contribution in [2.45, 2.75) is 52.0 Å². The molecule has 5 heteroatoms. The van der Waals surface area contributed by atoms with Crippen LogP contribution >= 0.6 is 0 Å². The van der Waals surface area contributed by atoms with Crippen LogP contribution in [0.5, 0.6) is 0 Å². The average molecular weight is 279 g/mol. The minimum Gasteiger partial charge on any atom is -0.382 e. The van der Waals surface area contributed by atoms with Crippen LogP contribution in [0.25, 0.3) is 0 Å². The van der Waals surface area contributed by atoms with Crippen molar-refractivity contribution in [1.29, 1.82) is 0 Å². The number of hydrogen-bond acceptors (Lipinski definition) is 4. The molecular weight excluding hydrogens is 254 g/mol. The van der Waals surface area contributed by atoms with Crippen molar-refractivity contribution in [2.75, 3.05) is 17.7 Å². The molecule has 1 aromatic rings. The first kappa shape index (κ1) is 16.3. The maximum absolute atomic E-state index is 11.2. The van der Waals surface area contributed by atoms with Gasteiger partial charge in [-0.25, -0.2) is 0 Å². The number of anilines is 2. The van der Waals surface area contributed by atoms with Crippen LogP contribution < -0.4 is 10.6 Å². The standard InChI is InChI=1S/C15H25N3O2/c1-4-5-6-7-9-12(2)17-14-11-8-10-13(16-3)15(14)18(19)20/h8,10-12,16-17H,4-7,9H2,1-3H3. The molecular formula is C15H25N3O2. The van der Waals surface area contributed by atoms with Crippen LogP contribution in [0.3, 0.4) is 0 Å². The number of hydrogen-bond donors (Lipinski definition) is 2. The number of unbranched alkanes of at least 4 members (excludes halogenated alkanes) is 3. The van der Waals surface area contributed by atoms with Crippen LogP contribution in [0.15, 0.2) is 18.2 Å². The molecule has 0 fully saturated rings. The molecule has 0 radical (unpaired) electrons. The fourth-order valence-electron chi connectivity index (χ4n) is 2.27. The Balaban J connectivity index is 2.69. The van der Waals surface area contributed by atoms with Gasteiger partial charge in [-0.3, -0.25) is 10.1 Å². The summed E-state index contributed by atoms with van der Waals surface area (Å²) in [5.41, 5.74) is 1.25.